The fraction of sp³-hybridized carbons (Fsp3) is 0.357. The van der Waals surface area contributed by atoms with E-state index in [0.717, 1.165) is 11.1 Å². The van der Waals surface area contributed by atoms with E-state index in [1.54, 1.807) is 0 Å². The number of aryl methyl sites for hydroxylation is 1. The molecule has 6 nitrogen and oxygen atoms in total. The third-order valence-electron chi connectivity index (χ3n) is 2.63. The molecule has 0 saturated carbocycles. The summed E-state index contributed by atoms with van der Waals surface area (Å²) in [4.78, 5) is 11.5. The van der Waals surface area contributed by atoms with Crippen molar-refractivity contribution in [3.8, 4) is 11.4 Å². The van der Waals surface area contributed by atoms with Crippen LogP contribution in [0.3, 0.4) is 0 Å². The van der Waals surface area contributed by atoms with Crippen molar-refractivity contribution in [2.24, 2.45) is 0 Å². The fourth-order valence-corrected chi connectivity index (χ4v) is 2.42. The number of nitrogen functional groups attached to an aromatic ring is 1. The normalized spacial score (nSPS) is 10.9. The third kappa shape index (κ3) is 3.98. The molecular weight excluding hydrogens is 288 g/mol. The number of hydrogen-bond donors (Lipinski definition) is 1. The number of nitrogens with zero attached hydrogens (tertiary/aromatic N) is 3. The first-order valence-electron chi connectivity index (χ1n) is 6.57. The van der Waals surface area contributed by atoms with Crippen LogP contribution in [-0.4, -0.2) is 32.7 Å². The Labute approximate surface area is 127 Å². The van der Waals surface area contributed by atoms with E-state index >= 15 is 0 Å². The molecule has 0 unspecified atom stereocenters. The van der Waals surface area contributed by atoms with E-state index in [-0.39, 0.29) is 17.8 Å². The summed E-state index contributed by atoms with van der Waals surface area (Å²) in [5.74, 6) is 6.42. The first-order valence-corrected chi connectivity index (χ1v) is 7.55. The lowest BCUT2D eigenvalue weighted by molar-refractivity contribution is -0.144. The van der Waals surface area contributed by atoms with Crippen LogP contribution < -0.4 is 5.84 Å². The number of benzene rings is 1. The Hall–Kier alpha value is -2.02. The average molecular weight is 306 g/mol. The van der Waals surface area contributed by atoms with E-state index in [2.05, 4.69) is 10.2 Å². The van der Waals surface area contributed by atoms with Gasteiger partial charge in [-0.2, -0.15) is 0 Å². The molecule has 0 saturated heterocycles. The van der Waals surface area contributed by atoms with Crippen LogP contribution in [0.1, 0.15) is 19.4 Å². The number of rotatable bonds is 5. The zero-order chi connectivity index (χ0) is 15.4. The molecule has 0 spiro atoms. The van der Waals surface area contributed by atoms with Gasteiger partial charge in [0.2, 0.25) is 5.16 Å². The third-order valence-corrected chi connectivity index (χ3v) is 3.54. The molecule has 0 fully saturated rings. The van der Waals surface area contributed by atoms with E-state index in [9.17, 15) is 4.79 Å². The van der Waals surface area contributed by atoms with E-state index in [0.29, 0.717) is 11.0 Å². The molecule has 21 heavy (non-hydrogen) atoms. The van der Waals surface area contributed by atoms with Gasteiger partial charge >= 0.3 is 5.97 Å². The van der Waals surface area contributed by atoms with Crippen molar-refractivity contribution >= 4 is 17.7 Å². The van der Waals surface area contributed by atoms with Gasteiger partial charge in [-0.1, -0.05) is 35.5 Å². The highest BCUT2D eigenvalue weighted by Crippen LogP contribution is 2.22. The SMILES string of the molecule is Cc1cccc(-c2nnc(SCC(=O)OC(C)C)n2N)c1. The molecule has 0 amide bonds. The molecule has 1 aromatic heterocycles. The summed E-state index contributed by atoms with van der Waals surface area (Å²) in [5, 5.41) is 8.58. The Kier molecular flexibility index (Phi) is 4.85. The minimum Gasteiger partial charge on any atom is -0.462 e. The Morgan fingerprint density at radius 2 is 2.19 bits per heavy atom. The zero-order valence-electron chi connectivity index (χ0n) is 12.2. The molecule has 7 heteroatoms. The van der Waals surface area contributed by atoms with Gasteiger partial charge in [-0.25, -0.2) is 4.68 Å². The first-order chi connectivity index (χ1) is 9.97. The van der Waals surface area contributed by atoms with Gasteiger partial charge in [0, 0.05) is 5.56 Å². The van der Waals surface area contributed by atoms with E-state index in [1.165, 1.54) is 16.4 Å². The quantitative estimate of drug-likeness (QED) is 0.517. The van der Waals surface area contributed by atoms with Crippen LogP contribution in [0.15, 0.2) is 29.4 Å². The molecular formula is C14H18N4O2S. The number of carbonyl (C=O) groups excluding carboxylic acids is 1. The van der Waals surface area contributed by atoms with Crippen LogP contribution >= 0.6 is 11.8 Å². The Morgan fingerprint density at radius 1 is 1.43 bits per heavy atom. The van der Waals surface area contributed by atoms with Crippen molar-refractivity contribution in [1.82, 2.24) is 14.9 Å². The first kappa shape index (κ1) is 15.4. The van der Waals surface area contributed by atoms with Crippen LogP contribution in [0, 0.1) is 6.92 Å². The average Bonchev–Trinajstić information content (AvgIpc) is 2.77. The summed E-state index contributed by atoms with van der Waals surface area (Å²) in [6.45, 7) is 5.62. The van der Waals surface area contributed by atoms with E-state index < -0.39 is 0 Å². The van der Waals surface area contributed by atoms with Gasteiger partial charge in [0.1, 0.15) is 0 Å². The maximum absolute atomic E-state index is 11.5. The number of nitrogens with two attached hydrogens (primary N) is 1. The highest BCUT2D eigenvalue weighted by molar-refractivity contribution is 7.99. The number of ether oxygens (including phenoxy) is 1. The molecule has 1 heterocycles. The molecule has 0 aliphatic heterocycles. The molecule has 1 aromatic carbocycles. The predicted molar refractivity (Wildman–Crippen MR) is 82.3 cm³/mol. The van der Waals surface area contributed by atoms with Crippen LogP contribution in [0.2, 0.25) is 0 Å². The molecule has 2 rings (SSSR count). The molecule has 0 radical (unpaired) electrons. The maximum atomic E-state index is 11.5. The summed E-state index contributed by atoms with van der Waals surface area (Å²) in [5.41, 5.74) is 2.01. The second kappa shape index (κ2) is 6.62. The molecule has 2 N–H and O–H groups in total. The van der Waals surface area contributed by atoms with Crippen molar-refractivity contribution < 1.29 is 9.53 Å². The number of hydrogen-bond acceptors (Lipinski definition) is 6. The van der Waals surface area contributed by atoms with Crippen LogP contribution in [-0.2, 0) is 9.53 Å². The second-order valence-electron chi connectivity index (χ2n) is 4.87. The lowest BCUT2D eigenvalue weighted by Gasteiger charge is -2.07. The lowest BCUT2D eigenvalue weighted by atomic mass is 10.1. The Morgan fingerprint density at radius 3 is 2.86 bits per heavy atom. The predicted octanol–water partition coefficient (Wildman–Crippen LogP) is 2.01. The highest BCUT2D eigenvalue weighted by atomic mass is 32.2. The Balaban J connectivity index is 2.09. The van der Waals surface area contributed by atoms with Gasteiger partial charge < -0.3 is 10.6 Å². The van der Waals surface area contributed by atoms with Crippen molar-refractivity contribution in [1.29, 1.82) is 0 Å². The van der Waals surface area contributed by atoms with Crippen molar-refractivity contribution in [2.45, 2.75) is 32.0 Å². The molecule has 0 bridgehead atoms. The molecule has 2 aromatic rings. The second-order valence-corrected chi connectivity index (χ2v) is 5.82. The number of thioether (sulfide) groups is 1. The number of aromatic nitrogens is 3. The smallest absolute Gasteiger partial charge is 0.316 e. The topological polar surface area (TPSA) is 83.0 Å². The maximum Gasteiger partial charge on any atom is 0.316 e. The van der Waals surface area contributed by atoms with Crippen molar-refractivity contribution in [3.63, 3.8) is 0 Å². The van der Waals surface area contributed by atoms with Crippen molar-refractivity contribution in [2.75, 3.05) is 11.6 Å². The standard InChI is InChI=1S/C14H18N4O2S/c1-9(2)20-12(19)8-21-14-17-16-13(18(14)15)11-6-4-5-10(3)7-11/h4-7,9H,8,15H2,1-3H3. The summed E-state index contributed by atoms with van der Waals surface area (Å²) in [7, 11) is 0. The summed E-state index contributed by atoms with van der Waals surface area (Å²) >= 11 is 1.21. The van der Waals surface area contributed by atoms with E-state index in [1.807, 2.05) is 45.0 Å². The molecule has 0 aliphatic carbocycles. The van der Waals surface area contributed by atoms with Gasteiger partial charge in [-0.3, -0.25) is 4.79 Å². The number of esters is 1. The van der Waals surface area contributed by atoms with E-state index in [4.69, 9.17) is 10.6 Å². The van der Waals surface area contributed by atoms with Gasteiger partial charge in [-0.05, 0) is 26.8 Å². The summed E-state index contributed by atoms with van der Waals surface area (Å²) in [6.07, 6.45) is -0.128. The minimum atomic E-state index is -0.296. The Bertz CT molecular complexity index is 640. The van der Waals surface area contributed by atoms with Crippen LogP contribution in [0.25, 0.3) is 11.4 Å². The highest BCUT2D eigenvalue weighted by Gasteiger charge is 2.14. The van der Waals surface area contributed by atoms with Gasteiger partial charge in [-0.15, -0.1) is 10.2 Å². The molecule has 0 aliphatic rings. The summed E-state index contributed by atoms with van der Waals surface area (Å²) in [6, 6.07) is 7.83. The van der Waals surface area contributed by atoms with Crippen LogP contribution in [0.5, 0.6) is 0 Å². The van der Waals surface area contributed by atoms with Gasteiger partial charge in [0.25, 0.3) is 0 Å². The van der Waals surface area contributed by atoms with Crippen LogP contribution in [0.4, 0.5) is 0 Å². The molecule has 0 atom stereocenters. The monoisotopic (exact) mass is 306 g/mol. The zero-order valence-corrected chi connectivity index (χ0v) is 13.1. The van der Waals surface area contributed by atoms with Gasteiger partial charge in [0.05, 0.1) is 11.9 Å². The largest absolute Gasteiger partial charge is 0.462 e. The number of carbonyl (C=O) groups is 1. The molecule has 112 valence electrons. The summed E-state index contributed by atoms with van der Waals surface area (Å²) < 4.78 is 6.45. The lowest BCUT2D eigenvalue weighted by Crippen LogP contribution is -2.15. The van der Waals surface area contributed by atoms with Gasteiger partial charge in [0.15, 0.2) is 5.82 Å². The van der Waals surface area contributed by atoms with Crippen molar-refractivity contribution in [3.05, 3.63) is 29.8 Å². The fourth-order valence-electron chi connectivity index (χ4n) is 1.78. The minimum absolute atomic E-state index is 0.128.